The first-order valence-corrected chi connectivity index (χ1v) is 10.8. The van der Waals surface area contributed by atoms with E-state index in [1.54, 1.807) is 36.4 Å². The molecular weight excluding hydrogens is 421 g/mol. The van der Waals surface area contributed by atoms with E-state index < -0.39 is 23.5 Å². The van der Waals surface area contributed by atoms with Crippen LogP contribution in [-0.4, -0.2) is 22.9 Å². The number of aliphatic hydroxyl groups excluding tert-OH is 1. The number of hydrogen-bond donors (Lipinski definition) is 1. The molecule has 6 heteroatoms. The summed E-state index contributed by atoms with van der Waals surface area (Å²) in [6.07, 6.45) is 0.721. The second kappa shape index (κ2) is 7.89. The average Bonchev–Trinajstić information content (AvgIpc) is 3.29. The SMILES string of the molecule is Cc1cccc(N2C(=O)C(=O)/C(=C(\O)c3ccc4c(c3)CC(C)O4)C2c2ccc(F)cc2)c1. The van der Waals surface area contributed by atoms with E-state index in [1.165, 1.54) is 29.2 Å². The third-order valence-electron chi connectivity index (χ3n) is 6.08. The van der Waals surface area contributed by atoms with Gasteiger partial charge in [-0.05, 0) is 73.0 Å². The second-order valence-electron chi connectivity index (χ2n) is 8.51. The molecule has 166 valence electrons. The van der Waals surface area contributed by atoms with Crippen molar-refractivity contribution in [2.45, 2.75) is 32.4 Å². The average molecular weight is 443 g/mol. The number of halogens is 1. The highest BCUT2D eigenvalue weighted by molar-refractivity contribution is 6.51. The van der Waals surface area contributed by atoms with Crippen molar-refractivity contribution >= 4 is 23.1 Å². The molecule has 33 heavy (non-hydrogen) atoms. The van der Waals surface area contributed by atoms with Gasteiger partial charge in [0.15, 0.2) is 0 Å². The standard InChI is InChI=1S/C27H22FNO4/c1-15-4-3-5-21(12-15)29-24(17-6-9-20(28)10-7-17)23(26(31)27(29)32)25(30)18-8-11-22-19(14-18)13-16(2)33-22/h3-12,14,16,24,30H,13H2,1-2H3/b25-23-. The molecule has 2 atom stereocenters. The van der Waals surface area contributed by atoms with E-state index in [-0.39, 0.29) is 17.4 Å². The van der Waals surface area contributed by atoms with Crippen molar-refractivity contribution in [3.05, 3.63) is 100 Å². The maximum absolute atomic E-state index is 13.7. The Bertz CT molecular complexity index is 1310. The highest BCUT2D eigenvalue weighted by Gasteiger charge is 2.47. The smallest absolute Gasteiger partial charge is 0.300 e. The van der Waals surface area contributed by atoms with Gasteiger partial charge in [-0.1, -0.05) is 24.3 Å². The number of carbonyl (C=O) groups excluding carboxylic acids is 2. The maximum atomic E-state index is 13.7. The Morgan fingerprint density at radius 2 is 1.82 bits per heavy atom. The number of aliphatic hydroxyl groups is 1. The lowest BCUT2D eigenvalue weighted by Gasteiger charge is -2.25. The van der Waals surface area contributed by atoms with Crippen LogP contribution in [0.5, 0.6) is 5.75 Å². The highest BCUT2D eigenvalue weighted by Crippen LogP contribution is 2.43. The van der Waals surface area contributed by atoms with Crippen molar-refractivity contribution in [2.75, 3.05) is 4.90 Å². The summed E-state index contributed by atoms with van der Waals surface area (Å²) < 4.78 is 19.4. The number of anilines is 1. The minimum absolute atomic E-state index is 0.0278. The second-order valence-corrected chi connectivity index (χ2v) is 8.51. The zero-order chi connectivity index (χ0) is 23.3. The normalized spacial score (nSPS) is 21.2. The molecular formula is C27H22FNO4. The fourth-order valence-corrected chi connectivity index (χ4v) is 4.56. The van der Waals surface area contributed by atoms with Crippen molar-refractivity contribution in [1.29, 1.82) is 0 Å². The Morgan fingerprint density at radius 3 is 2.55 bits per heavy atom. The number of nitrogens with zero attached hydrogens (tertiary/aromatic N) is 1. The van der Waals surface area contributed by atoms with Crippen molar-refractivity contribution in [3.8, 4) is 5.75 Å². The number of carbonyl (C=O) groups is 2. The molecule has 1 saturated heterocycles. The molecule has 5 rings (SSSR count). The van der Waals surface area contributed by atoms with Gasteiger partial charge in [-0.25, -0.2) is 4.39 Å². The number of ether oxygens (including phenoxy) is 1. The molecule has 2 unspecified atom stereocenters. The van der Waals surface area contributed by atoms with Crippen LogP contribution in [0.15, 0.2) is 72.3 Å². The summed E-state index contributed by atoms with van der Waals surface area (Å²) in [6.45, 7) is 3.85. The molecule has 5 nitrogen and oxygen atoms in total. The molecule has 0 bridgehead atoms. The molecule has 1 fully saturated rings. The number of Topliss-reactive ketones (excluding diaryl/α,β-unsaturated/α-hetero) is 1. The van der Waals surface area contributed by atoms with Crippen molar-refractivity contribution in [3.63, 3.8) is 0 Å². The van der Waals surface area contributed by atoms with E-state index in [0.717, 1.165) is 16.9 Å². The van der Waals surface area contributed by atoms with Crippen LogP contribution in [0.1, 0.15) is 35.2 Å². The third kappa shape index (κ3) is 3.57. The molecule has 0 spiro atoms. The number of amides is 1. The van der Waals surface area contributed by atoms with Gasteiger partial charge >= 0.3 is 0 Å². The van der Waals surface area contributed by atoms with Gasteiger partial charge < -0.3 is 9.84 Å². The molecule has 0 saturated carbocycles. The Labute approximate surface area is 190 Å². The summed E-state index contributed by atoms with van der Waals surface area (Å²) in [4.78, 5) is 27.8. The summed E-state index contributed by atoms with van der Waals surface area (Å²) in [6, 6.07) is 17.2. The quantitative estimate of drug-likeness (QED) is 0.348. The largest absolute Gasteiger partial charge is 0.507 e. The zero-order valence-electron chi connectivity index (χ0n) is 18.2. The molecule has 2 heterocycles. The predicted molar refractivity (Wildman–Crippen MR) is 123 cm³/mol. The van der Waals surface area contributed by atoms with Crippen molar-refractivity contribution in [2.24, 2.45) is 0 Å². The molecule has 0 aromatic heterocycles. The zero-order valence-corrected chi connectivity index (χ0v) is 18.2. The lowest BCUT2D eigenvalue weighted by molar-refractivity contribution is -0.132. The lowest BCUT2D eigenvalue weighted by Crippen LogP contribution is -2.29. The van der Waals surface area contributed by atoms with Gasteiger partial charge in [0.05, 0.1) is 11.6 Å². The van der Waals surface area contributed by atoms with Crippen LogP contribution in [-0.2, 0) is 16.0 Å². The van der Waals surface area contributed by atoms with Gasteiger partial charge in [0.2, 0.25) is 0 Å². The van der Waals surface area contributed by atoms with E-state index in [9.17, 15) is 19.1 Å². The fourth-order valence-electron chi connectivity index (χ4n) is 4.56. The van der Waals surface area contributed by atoms with Crippen LogP contribution < -0.4 is 9.64 Å². The van der Waals surface area contributed by atoms with Gasteiger partial charge in [0, 0.05) is 17.7 Å². The number of aryl methyl sites for hydroxylation is 1. The molecule has 2 aliphatic heterocycles. The molecule has 1 N–H and O–H groups in total. The summed E-state index contributed by atoms with van der Waals surface area (Å²) in [5.74, 6) is -1.48. The Hall–Kier alpha value is -3.93. The molecule has 2 aliphatic rings. The molecule has 3 aromatic carbocycles. The number of benzene rings is 3. The van der Waals surface area contributed by atoms with Crippen LogP contribution in [0.25, 0.3) is 5.76 Å². The fraction of sp³-hybridized carbons (Fsp3) is 0.185. The first-order chi connectivity index (χ1) is 15.8. The lowest BCUT2D eigenvalue weighted by atomic mass is 9.94. The van der Waals surface area contributed by atoms with E-state index in [0.29, 0.717) is 23.2 Å². The van der Waals surface area contributed by atoms with Gasteiger partial charge in [-0.3, -0.25) is 14.5 Å². The molecule has 0 aliphatic carbocycles. The summed E-state index contributed by atoms with van der Waals surface area (Å²) in [5, 5.41) is 11.3. The third-order valence-corrected chi connectivity index (χ3v) is 6.08. The number of hydrogen-bond acceptors (Lipinski definition) is 4. The topological polar surface area (TPSA) is 66.8 Å². The Kier molecular flexibility index (Phi) is 5.01. The van der Waals surface area contributed by atoms with Gasteiger partial charge in [-0.15, -0.1) is 0 Å². The predicted octanol–water partition coefficient (Wildman–Crippen LogP) is 5.08. The number of fused-ring (bicyclic) bond motifs is 1. The summed E-state index contributed by atoms with van der Waals surface area (Å²) in [7, 11) is 0. The van der Waals surface area contributed by atoms with Crippen molar-refractivity contribution < 1.29 is 23.8 Å². The number of ketones is 1. The first kappa shape index (κ1) is 20.9. The Morgan fingerprint density at radius 1 is 1.06 bits per heavy atom. The summed E-state index contributed by atoms with van der Waals surface area (Å²) >= 11 is 0. The molecule has 0 radical (unpaired) electrons. The minimum atomic E-state index is -0.893. The molecule has 3 aromatic rings. The van der Waals surface area contributed by atoms with Crippen molar-refractivity contribution in [1.82, 2.24) is 0 Å². The van der Waals surface area contributed by atoms with Gasteiger partial charge in [-0.2, -0.15) is 0 Å². The highest BCUT2D eigenvalue weighted by atomic mass is 19.1. The summed E-state index contributed by atoms with van der Waals surface area (Å²) in [5.41, 5.74) is 3.30. The maximum Gasteiger partial charge on any atom is 0.300 e. The van der Waals surface area contributed by atoms with Gasteiger partial charge in [0.1, 0.15) is 23.4 Å². The molecule has 1 amide bonds. The Balaban J connectivity index is 1.69. The van der Waals surface area contributed by atoms with Crippen LogP contribution in [0.2, 0.25) is 0 Å². The van der Waals surface area contributed by atoms with Gasteiger partial charge in [0.25, 0.3) is 11.7 Å². The number of rotatable bonds is 3. The first-order valence-electron chi connectivity index (χ1n) is 10.8. The van der Waals surface area contributed by atoms with E-state index in [2.05, 4.69) is 0 Å². The minimum Gasteiger partial charge on any atom is -0.507 e. The van der Waals surface area contributed by atoms with E-state index in [1.807, 2.05) is 19.9 Å². The van der Waals surface area contributed by atoms with E-state index >= 15 is 0 Å². The van der Waals surface area contributed by atoms with Crippen LogP contribution in [0.4, 0.5) is 10.1 Å². The van der Waals surface area contributed by atoms with Crippen LogP contribution in [0, 0.1) is 12.7 Å². The monoisotopic (exact) mass is 443 g/mol. The van der Waals surface area contributed by atoms with Crippen LogP contribution >= 0.6 is 0 Å². The van der Waals surface area contributed by atoms with Crippen LogP contribution in [0.3, 0.4) is 0 Å². The van der Waals surface area contributed by atoms with E-state index in [4.69, 9.17) is 4.74 Å².